The molecule has 6 nitrogen and oxygen atoms in total. The Morgan fingerprint density at radius 2 is 2.03 bits per heavy atom. The molecule has 1 aliphatic heterocycles. The number of benzene rings is 1. The van der Waals surface area contributed by atoms with E-state index in [2.05, 4.69) is 46.4 Å². The first kappa shape index (κ1) is 22.8. The van der Waals surface area contributed by atoms with Crippen molar-refractivity contribution in [2.75, 3.05) is 20.1 Å². The standard InChI is InChI=1S/C28H34N4O2/c1-19-6-3-9-23-21(19)7-5-11-25(23)31-15-12-20(13-16-31)22-8-4-10-24(27(22)34)28-30-14-17-32(28)18-26(33)29-2/h3-4,6,8-10,14,17,20,22,25H,5,7,11-13,15-16,18H2,1-2H3,(H,29,33). The highest BCUT2D eigenvalue weighted by atomic mass is 16.2. The summed E-state index contributed by atoms with van der Waals surface area (Å²) in [5, 5.41) is 2.63. The number of rotatable bonds is 5. The van der Waals surface area contributed by atoms with Crippen LogP contribution >= 0.6 is 0 Å². The Balaban J connectivity index is 1.26. The van der Waals surface area contributed by atoms with Crippen molar-refractivity contribution in [3.63, 3.8) is 0 Å². The van der Waals surface area contributed by atoms with Crippen LogP contribution in [0.15, 0.2) is 48.8 Å². The molecule has 178 valence electrons. The average molecular weight is 459 g/mol. The lowest BCUT2D eigenvalue weighted by molar-refractivity contribution is -0.121. The van der Waals surface area contributed by atoms with Gasteiger partial charge in [-0.3, -0.25) is 14.5 Å². The maximum Gasteiger partial charge on any atom is 0.239 e. The summed E-state index contributed by atoms with van der Waals surface area (Å²) in [5.41, 5.74) is 5.10. The molecule has 0 bridgehead atoms. The van der Waals surface area contributed by atoms with Gasteiger partial charge in [-0.15, -0.1) is 0 Å². The summed E-state index contributed by atoms with van der Waals surface area (Å²) < 4.78 is 1.75. The fourth-order valence-corrected chi connectivity index (χ4v) is 6.07. The van der Waals surface area contributed by atoms with Crippen LogP contribution in [0.1, 0.15) is 54.2 Å². The van der Waals surface area contributed by atoms with Gasteiger partial charge in [0.15, 0.2) is 5.78 Å². The Bertz CT molecular complexity index is 1140. The van der Waals surface area contributed by atoms with Crippen LogP contribution in [0.2, 0.25) is 0 Å². The molecule has 1 N–H and O–H groups in total. The second kappa shape index (κ2) is 9.71. The second-order valence-electron chi connectivity index (χ2n) is 9.83. The molecule has 1 saturated heterocycles. The number of Topliss-reactive ketones (excluding diaryl/α,β-unsaturated/α-hetero) is 1. The highest BCUT2D eigenvalue weighted by Gasteiger charge is 2.36. The minimum atomic E-state index is -0.117. The number of nitrogens with zero attached hydrogens (tertiary/aromatic N) is 3. The van der Waals surface area contributed by atoms with E-state index < -0.39 is 0 Å². The van der Waals surface area contributed by atoms with Gasteiger partial charge in [0.2, 0.25) is 5.91 Å². The number of likely N-dealkylation sites (tertiary alicyclic amines) is 1. The van der Waals surface area contributed by atoms with Crippen LogP contribution in [0.4, 0.5) is 0 Å². The molecule has 1 aromatic heterocycles. The van der Waals surface area contributed by atoms with Gasteiger partial charge >= 0.3 is 0 Å². The smallest absolute Gasteiger partial charge is 0.239 e. The molecule has 1 amide bonds. The van der Waals surface area contributed by atoms with Gasteiger partial charge in [-0.25, -0.2) is 4.98 Å². The predicted molar refractivity (Wildman–Crippen MR) is 133 cm³/mol. The fourth-order valence-electron chi connectivity index (χ4n) is 6.07. The average Bonchev–Trinajstić information content (AvgIpc) is 3.32. The highest BCUT2D eigenvalue weighted by Crippen LogP contribution is 2.40. The van der Waals surface area contributed by atoms with Crippen molar-refractivity contribution in [2.24, 2.45) is 11.8 Å². The first-order valence-corrected chi connectivity index (χ1v) is 12.5. The number of imidazole rings is 1. The van der Waals surface area contributed by atoms with Crippen LogP contribution < -0.4 is 5.32 Å². The number of likely N-dealkylation sites (N-methyl/N-ethyl adjacent to an activating group) is 1. The van der Waals surface area contributed by atoms with Gasteiger partial charge in [0, 0.05) is 31.4 Å². The van der Waals surface area contributed by atoms with Crippen molar-refractivity contribution in [1.29, 1.82) is 0 Å². The maximum absolute atomic E-state index is 13.5. The van der Waals surface area contributed by atoms with Gasteiger partial charge in [-0.2, -0.15) is 0 Å². The molecular weight excluding hydrogens is 424 g/mol. The molecule has 3 aliphatic rings. The minimum absolute atomic E-state index is 0.109. The van der Waals surface area contributed by atoms with Gasteiger partial charge in [0.05, 0.1) is 5.57 Å². The van der Waals surface area contributed by atoms with E-state index in [1.165, 1.54) is 30.4 Å². The number of hydrogen-bond donors (Lipinski definition) is 1. The van der Waals surface area contributed by atoms with Crippen molar-refractivity contribution in [3.05, 3.63) is 71.3 Å². The van der Waals surface area contributed by atoms with Crippen LogP contribution in [0, 0.1) is 18.8 Å². The molecule has 0 spiro atoms. The molecule has 2 aromatic rings. The van der Waals surface area contributed by atoms with Crippen LogP contribution in [0.3, 0.4) is 0 Å². The largest absolute Gasteiger partial charge is 0.358 e. The Hall–Kier alpha value is -2.99. The number of ketones is 1. The van der Waals surface area contributed by atoms with E-state index in [-0.39, 0.29) is 24.2 Å². The molecule has 2 unspecified atom stereocenters. The molecule has 2 heterocycles. The molecule has 1 aromatic carbocycles. The molecule has 0 radical (unpaired) electrons. The third-order valence-corrected chi connectivity index (χ3v) is 7.93. The zero-order valence-electron chi connectivity index (χ0n) is 20.2. The number of fused-ring (bicyclic) bond motifs is 1. The summed E-state index contributed by atoms with van der Waals surface area (Å²) in [4.78, 5) is 32.5. The molecule has 2 atom stereocenters. The summed E-state index contributed by atoms with van der Waals surface area (Å²) in [6.45, 7) is 4.46. The summed E-state index contributed by atoms with van der Waals surface area (Å²) in [7, 11) is 1.61. The van der Waals surface area contributed by atoms with Crippen LogP contribution in [0.25, 0.3) is 5.57 Å². The van der Waals surface area contributed by atoms with Crippen molar-refractivity contribution in [1.82, 2.24) is 19.8 Å². The molecule has 0 saturated carbocycles. The van der Waals surface area contributed by atoms with Crippen molar-refractivity contribution in [2.45, 2.75) is 51.6 Å². The third-order valence-electron chi connectivity index (χ3n) is 7.93. The Morgan fingerprint density at radius 3 is 2.82 bits per heavy atom. The van der Waals surface area contributed by atoms with E-state index in [1.807, 2.05) is 12.2 Å². The van der Waals surface area contributed by atoms with Crippen LogP contribution in [-0.4, -0.2) is 46.3 Å². The number of nitrogens with one attached hydrogen (secondary N) is 1. The topological polar surface area (TPSA) is 67.2 Å². The zero-order valence-corrected chi connectivity index (χ0v) is 20.2. The predicted octanol–water partition coefficient (Wildman–Crippen LogP) is 3.87. The van der Waals surface area contributed by atoms with Gasteiger partial charge < -0.3 is 9.88 Å². The first-order valence-electron chi connectivity index (χ1n) is 12.5. The summed E-state index contributed by atoms with van der Waals surface area (Å²) in [5.74, 6) is 0.820. The lowest BCUT2D eigenvalue weighted by Gasteiger charge is -2.42. The van der Waals surface area contributed by atoms with E-state index in [4.69, 9.17) is 0 Å². The molecule has 6 heteroatoms. The van der Waals surface area contributed by atoms with E-state index >= 15 is 0 Å². The van der Waals surface area contributed by atoms with Gasteiger partial charge in [0.1, 0.15) is 12.4 Å². The lowest BCUT2D eigenvalue weighted by Crippen LogP contribution is -2.41. The fraction of sp³-hybridized carbons (Fsp3) is 0.464. The minimum Gasteiger partial charge on any atom is -0.358 e. The first-order chi connectivity index (χ1) is 16.6. The maximum atomic E-state index is 13.5. The monoisotopic (exact) mass is 458 g/mol. The number of allylic oxidation sites excluding steroid dienone is 4. The summed E-state index contributed by atoms with van der Waals surface area (Å²) in [6, 6.07) is 7.27. The molecule has 2 aliphatic carbocycles. The summed E-state index contributed by atoms with van der Waals surface area (Å²) in [6.07, 6.45) is 15.0. The normalized spacial score (nSPS) is 23.5. The second-order valence-corrected chi connectivity index (χ2v) is 9.83. The van der Waals surface area contributed by atoms with E-state index in [0.717, 1.165) is 25.9 Å². The molecule has 34 heavy (non-hydrogen) atoms. The van der Waals surface area contributed by atoms with Crippen LogP contribution in [0.5, 0.6) is 0 Å². The third kappa shape index (κ3) is 4.27. The summed E-state index contributed by atoms with van der Waals surface area (Å²) >= 11 is 0. The van der Waals surface area contributed by atoms with E-state index in [9.17, 15) is 9.59 Å². The Labute approximate surface area is 201 Å². The molecule has 5 rings (SSSR count). The van der Waals surface area contributed by atoms with Crippen molar-refractivity contribution >= 4 is 17.3 Å². The number of carbonyl (C=O) groups excluding carboxylic acids is 2. The van der Waals surface area contributed by atoms with Gasteiger partial charge in [-0.05, 0) is 80.8 Å². The number of carbonyl (C=O) groups is 2. The number of aryl methyl sites for hydroxylation is 1. The quantitative estimate of drug-likeness (QED) is 0.739. The molecular formula is C28H34N4O2. The van der Waals surface area contributed by atoms with E-state index in [1.54, 1.807) is 29.6 Å². The number of amides is 1. The molecule has 1 fully saturated rings. The number of piperidine rings is 1. The number of aromatic nitrogens is 2. The van der Waals surface area contributed by atoms with Gasteiger partial charge in [0.25, 0.3) is 0 Å². The zero-order chi connectivity index (χ0) is 23.7. The Kier molecular flexibility index (Phi) is 6.50. The lowest BCUT2D eigenvalue weighted by atomic mass is 9.76. The van der Waals surface area contributed by atoms with Crippen molar-refractivity contribution in [3.8, 4) is 0 Å². The highest BCUT2D eigenvalue weighted by molar-refractivity contribution is 6.22. The van der Waals surface area contributed by atoms with Crippen molar-refractivity contribution < 1.29 is 9.59 Å². The SMILES string of the molecule is CNC(=O)Cn1ccnc1C1=CC=CC(C2CCN(C3CCCc4c(C)cccc43)CC2)C1=O. The van der Waals surface area contributed by atoms with Gasteiger partial charge in [-0.1, -0.05) is 30.4 Å². The Morgan fingerprint density at radius 1 is 1.21 bits per heavy atom. The van der Waals surface area contributed by atoms with E-state index in [0.29, 0.717) is 23.4 Å². The number of hydrogen-bond acceptors (Lipinski definition) is 4. The van der Waals surface area contributed by atoms with Crippen LogP contribution in [-0.2, 0) is 22.6 Å².